The number of ether oxygens (including phenoxy) is 1. The fourth-order valence-electron chi connectivity index (χ4n) is 3.15. The van der Waals surface area contributed by atoms with Crippen LogP contribution in [-0.2, 0) is 9.53 Å². The van der Waals surface area contributed by atoms with Gasteiger partial charge in [-0.15, -0.1) is 0 Å². The monoisotopic (exact) mass is 409 g/mol. The third-order valence-electron chi connectivity index (χ3n) is 4.76. The van der Waals surface area contributed by atoms with E-state index in [4.69, 9.17) is 17.0 Å². The van der Waals surface area contributed by atoms with E-state index in [0.717, 1.165) is 11.3 Å². The number of esters is 1. The summed E-state index contributed by atoms with van der Waals surface area (Å²) in [7, 11) is 1.80. The molecule has 0 bridgehead atoms. The zero-order valence-corrected chi connectivity index (χ0v) is 17.4. The van der Waals surface area contributed by atoms with Gasteiger partial charge in [0.1, 0.15) is 0 Å². The SMILES string of the molecule is CCOC(=O)C1=C(C)N(C)C(=S)NC1c1cccc(NC(=O)c2ccccc2)c1. The third-order valence-corrected chi connectivity index (χ3v) is 5.15. The number of hydrogen-bond donors (Lipinski definition) is 2. The maximum Gasteiger partial charge on any atom is 0.338 e. The van der Waals surface area contributed by atoms with Crippen molar-refractivity contribution in [3.05, 3.63) is 77.0 Å². The molecule has 0 radical (unpaired) electrons. The van der Waals surface area contributed by atoms with Gasteiger partial charge in [0.15, 0.2) is 5.11 Å². The number of hydrogen-bond acceptors (Lipinski definition) is 4. The number of carbonyl (C=O) groups is 2. The molecule has 3 rings (SSSR count). The summed E-state index contributed by atoms with van der Waals surface area (Å²) in [5, 5.41) is 6.61. The molecule has 0 fully saturated rings. The summed E-state index contributed by atoms with van der Waals surface area (Å²) in [6.45, 7) is 3.89. The van der Waals surface area contributed by atoms with E-state index in [1.165, 1.54) is 0 Å². The van der Waals surface area contributed by atoms with Crippen molar-refractivity contribution in [3.8, 4) is 0 Å². The molecule has 1 heterocycles. The van der Waals surface area contributed by atoms with Gasteiger partial charge in [0.2, 0.25) is 0 Å². The number of carbonyl (C=O) groups excluding carboxylic acids is 2. The normalized spacial score (nSPS) is 16.3. The average molecular weight is 410 g/mol. The Kier molecular flexibility index (Phi) is 6.29. The van der Waals surface area contributed by atoms with Crippen LogP contribution in [0.2, 0.25) is 0 Å². The predicted molar refractivity (Wildman–Crippen MR) is 116 cm³/mol. The van der Waals surface area contributed by atoms with E-state index in [1.54, 1.807) is 37.1 Å². The second kappa shape index (κ2) is 8.87. The molecule has 1 amide bonds. The highest BCUT2D eigenvalue weighted by Crippen LogP contribution is 2.32. The number of allylic oxidation sites excluding steroid dienone is 1. The summed E-state index contributed by atoms with van der Waals surface area (Å²) < 4.78 is 5.26. The highest BCUT2D eigenvalue weighted by molar-refractivity contribution is 7.80. The molecular formula is C22H23N3O3S. The van der Waals surface area contributed by atoms with Gasteiger partial charge in [-0.1, -0.05) is 30.3 Å². The first-order valence-electron chi connectivity index (χ1n) is 9.30. The number of anilines is 1. The van der Waals surface area contributed by atoms with Gasteiger partial charge in [-0.3, -0.25) is 4.79 Å². The van der Waals surface area contributed by atoms with Crippen LogP contribution in [0.25, 0.3) is 0 Å². The van der Waals surface area contributed by atoms with Gasteiger partial charge in [0.25, 0.3) is 5.91 Å². The zero-order chi connectivity index (χ0) is 21.0. The van der Waals surface area contributed by atoms with Crippen LogP contribution in [0.1, 0.15) is 35.8 Å². The molecule has 1 unspecified atom stereocenters. The fourth-order valence-corrected chi connectivity index (χ4v) is 3.40. The van der Waals surface area contributed by atoms with Crippen molar-refractivity contribution < 1.29 is 14.3 Å². The maximum atomic E-state index is 12.6. The lowest BCUT2D eigenvalue weighted by Gasteiger charge is -2.35. The zero-order valence-electron chi connectivity index (χ0n) is 16.6. The van der Waals surface area contributed by atoms with Crippen LogP contribution in [0.3, 0.4) is 0 Å². The first-order valence-corrected chi connectivity index (χ1v) is 9.71. The summed E-state index contributed by atoms with van der Waals surface area (Å²) in [5.41, 5.74) is 3.22. The minimum atomic E-state index is -0.466. The highest BCUT2D eigenvalue weighted by Gasteiger charge is 2.33. The Morgan fingerprint density at radius 1 is 1.17 bits per heavy atom. The first-order chi connectivity index (χ1) is 13.9. The van der Waals surface area contributed by atoms with E-state index in [0.29, 0.717) is 21.9 Å². The number of nitrogens with one attached hydrogen (secondary N) is 2. The van der Waals surface area contributed by atoms with Crippen LogP contribution in [-0.4, -0.2) is 35.5 Å². The Morgan fingerprint density at radius 2 is 1.90 bits per heavy atom. The highest BCUT2D eigenvalue weighted by atomic mass is 32.1. The van der Waals surface area contributed by atoms with Crippen molar-refractivity contribution in [3.63, 3.8) is 0 Å². The topological polar surface area (TPSA) is 70.7 Å². The Hall–Kier alpha value is -3.19. The van der Waals surface area contributed by atoms with Crippen LogP contribution in [0.15, 0.2) is 65.9 Å². The van der Waals surface area contributed by atoms with E-state index < -0.39 is 12.0 Å². The Labute approximate surface area is 175 Å². The van der Waals surface area contributed by atoms with Gasteiger partial charge in [-0.25, -0.2) is 4.79 Å². The van der Waals surface area contributed by atoms with Gasteiger partial charge in [0.05, 0.1) is 18.2 Å². The first kappa shape index (κ1) is 20.5. The molecule has 2 aromatic rings. The molecular weight excluding hydrogens is 386 g/mol. The second-order valence-corrected chi connectivity index (χ2v) is 6.99. The second-order valence-electron chi connectivity index (χ2n) is 6.61. The lowest BCUT2D eigenvalue weighted by molar-refractivity contribution is -0.139. The Balaban J connectivity index is 1.92. The minimum Gasteiger partial charge on any atom is -0.463 e. The van der Waals surface area contributed by atoms with Gasteiger partial charge >= 0.3 is 5.97 Å². The molecule has 2 N–H and O–H groups in total. The van der Waals surface area contributed by atoms with Gasteiger partial charge in [0, 0.05) is 24.0 Å². The minimum absolute atomic E-state index is 0.202. The number of benzene rings is 2. The number of nitrogens with zero attached hydrogens (tertiary/aromatic N) is 1. The van der Waals surface area contributed by atoms with E-state index in [-0.39, 0.29) is 12.5 Å². The molecule has 1 aliphatic heterocycles. The molecule has 2 aromatic carbocycles. The third kappa shape index (κ3) is 4.46. The van der Waals surface area contributed by atoms with Crippen molar-refractivity contribution in [2.45, 2.75) is 19.9 Å². The van der Waals surface area contributed by atoms with Gasteiger partial charge < -0.3 is 20.3 Å². The van der Waals surface area contributed by atoms with Crippen LogP contribution in [0.4, 0.5) is 5.69 Å². The Bertz CT molecular complexity index is 972. The van der Waals surface area contributed by atoms with E-state index in [1.807, 2.05) is 43.3 Å². The molecule has 1 atom stereocenters. The lowest BCUT2D eigenvalue weighted by Crippen LogP contribution is -2.46. The number of rotatable bonds is 5. The summed E-state index contributed by atoms with van der Waals surface area (Å²) in [4.78, 5) is 26.9. The molecule has 6 nitrogen and oxygen atoms in total. The van der Waals surface area contributed by atoms with Crippen molar-refractivity contribution in [1.29, 1.82) is 0 Å². The molecule has 150 valence electrons. The molecule has 0 saturated carbocycles. The Morgan fingerprint density at radius 3 is 2.59 bits per heavy atom. The quantitative estimate of drug-likeness (QED) is 0.580. The van der Waals surface area contributed by atoms with Crippen molar-refractivity contribution in [1.82, 2.24) is 10.2 Å². The summed E-state index contributed by atoms with van der Waals surface area (Å²) in [6, 6.07) is 15.9. The molecule has 0 spiro atoms. The van der Waals surface area contributed by atoms with Crippen molar-refractivity contribution in [2.24, 2.45) is 0 Å². The van der Waals surface area contributed by atoms with Crippen LogP contribution < -0.4 is 10.6 Å². The molecule has 0 aromatic heterocycles. The lowest BCUT2D eigenvalue weighted by atomic mass is 9.95. The van der Waals surface area contributed by atoms with Crippen molar-refractivity contribution >= 4 is 34.9 Å². The largest absolute Gasteiger partial charge is 0.463 e. The molecule has 1 aliphatic rings. The number of thiocarbonyl (C=S) groups is 1. The summed E-state index contributed by atoms with van der Waals surface area (Å²) in [5.74, 6) is -0.595. The van der Waals surface area contributed by atoms with Crippen LogP contribution >= 0.6 is 12.2 Å². The summed E-state index contributed by atoms with van der Waals surface area (Å²) >= 11 is 5.41. The van der Waals surface area contributed by atoms with E-state index in [2.05, 4.69) is 10.6 Å². The molecule has 0 saturated heterocycles. The average Bonchev–Trinajstić information content (AvgIpc) is 2.72. The van der Waals surface area contributed by atoms with Gasteiger partial charge in [-0.2, -0.15) is 0 Å². The van der Waals surface area contributed by atoms with E-state index >= 15 is 0 Å². The molecule has 0 aliphatic carbocycles. The van der Waals surface area contributed by atoms with Crippen molar-refractivity contribution in [2.75, 3.05) is 19.0 Å². The summed E-state index contributed by atoms with van der Waals surface area (Å²) in [6.07, 6.45) is 0. The number of amides is 1. The van der Waals surface area contributed by atoms with Crippen LogP contribution in [0, 0.1) is 0 Å². The maximum absolute atomic E-state index is 12.6. The standard InChI is InChI=1S/C22H23N3O3S/c1-4-28-21(27)18-14(2)25(3)22(29)24-19(18)16-11-8-12-17(13-16)23-20(26)15-9-6-5-7-10-15/h5-13,19H,4H2,1-3H3,(H,23,26)(H,24,29). The van der Waals surface area contributed by atoms with Crippen LogP contribution in [0.5, 0.6) is 0 Å². The smallest absolute Gasteiger partial charge is 0.338 e. The molecule has 7 heteroatoms. The predicted octanol–water partition coefficient (Wildman–Crippen LogP) is 3.64. The van der Waals surface area contributed by atoms with Gasteiger partial charge in [-0.05, 0) is 55.9 Å². The molecule has 29 heavy (non-hydrogen) atoms. The van der Waals surface area contributed by atoms with E-state index in [9.17, 15) is 9.59 Å². The fraction of sp³-hybridized carbons (Fsp3) is 0.227.